The number of hydrazine groups is 1. The molecule has 1 unspecified atom stereocenters. The minimum Gasteiger partial charge on any atom is -0.388 e. The first-order chi connectivity index (χ1) is 6.54. The highest BCUT2D eigenvalue weighted by Crippen LogP contribution is 2.22. The maximum atomic E-state index is 11.1. The second-order valence-corrected chi connectivity index (χ2v) is 3.55. The molecule has 1 aliphatic heterocycles. The molecule has 1 rings (SSSR count). The molecule has 1 saturated heterocycles. The number of carbonyl (C=O) groups excluding carboxylic acids is 1. The molecule has 5 N–H and O–H groups in total. The van der Waals surface area contributed by atoms with Gasteiger partial charge < -0.3 is 15.8 Å². The van der Waals surface area contributed by atoms with Gasteiger partial charge in [-0.2, -0.15) is 0 Å². The van der Waals surface area contributed by atoms with Gasteiger partial charge in [0.2, 0.25) is 5.91 Å². The largest absolute Gasteiger partial charge is 0.388 e. The molecule has 1 heterocycles. The Kier molecular flexibility index (Phi) is 3.49. The van der Waals surface area contributed by atoms with Crippen LogP contribution in [0.4, 0.5) is 0 Å². The van der Waals surface area contributed by atoms with E-state index in [-0.39, 0.29) is 5.57 Å². The Morgan fingerprint density at radius 1 is 1.57 bits per heavy atom. The van der Waals surface area contributed by atoms with E-state index in [0.29, 0.717) is 18.7 Å². The topological polar surface area (TPSA) is 92.6 Å². The smallest absolute Gasteiger partial charge is 0.249 e. The van der Waals surface area contributed by atoms with Crippen LogP contribution in [0.3, 0.4) is 0 Å². The Morgan fingerprint density at radius 2 is 2.21 bits per heavy atom. The number of hydrogen-bond acceptors (Lipinski definition) is 4. The van der Waals surface area contributed by atoms with Gasteiger partial charge in [0.1, 0.15) is 0 Å². The summed E-state index contributed by atoms with van der Waals surface area (Å²) in [5, 5.41) is 10.9. The number of primary amides is 1. The maximum Gasteiger partial charge on any atom is 0.249 e. The highest BCUT2D eigenvalue weighted by Gasteiger charge is 2.22. The number of allylic oxidation sites excluding steroid dienone is 1. The van der Waals surface area contributed by atoms with E-state index in [4.69, 9.17) is 11.6 Å². The molecule has 1 fully saturated rings. The Morgan fingerprint density at radius 3 is 2.64 bits per heavy atom. The van der Waals surface area contributed by atoms with E-state index < -0.39 is 12.0 Å². The van der Waals surface area contributed by atoms with Gasteiger partial charge in [0, 0.05) is 12.2 Å². The summed E-state index contributed by atoms with van der Waals surface area (Å²) in [6.45, 7) is 2.23. The molecule has 0 saturated carbocycles. The Balaban J connectivity index is 3.00. The summed E-state index contributed by atoms with van der Waals surface area (Å²) in [5.41, 5.74) is 6.11. The minimum absolute atomic E-state index is 0.243. The molecule has 0 spiro atoms. The lowest BCUT2D eigenvalue weighted by atomic mass is 10.0. The van der Waals surface area contributed by atoms with Gasteiger partial charge in [0.05, 0.1) is 11.7 Å². The third kappa shape index (κ3) is 2.24. The van der Waals surface area contributed by atoms with Crippen molar-refractivity contribution in [2.24, 2.45) is 11.6 Å². The summed E-state index contributed by atoms with van der Waals surface area (Å²) in [5.74, 6) is 5.12. The average molecular weight is 199 g/mol. The third-order valence-electron chi connectivity index (χ3n) is 2.40. The molecular weight excluding hydrogens is 182 g/mol. The lowest BCUT2D eigenvalue weighted by molar-refractivity contribution is -0.115. The van der Waals surface area contributed by atoms with Crippen LogP contribution in [0.15, 0.2) is 11.3 Å². The Labute approximate surface area is 83.3 Å². The molecule has 0 bridgehead atoms. The van der Waals surface area contributed by atoms with E-state index >= 15 is 0 Å². The molecule has 80 valence electrons. The first-order valence-corrected chi connectivity index (χ1v) is 4.77. The summed E-state index contributed by atoms with van der Waals surface area (Å²) in [7, 11) is 0. The number of carbonyl (C=O) groups is 1. The number of aliphatic hydroxyl groups is 1. The van der Waals surface area contributed by atoms with Gasteiger partial charge in [-0.15, -0.1) is 0 Å². The van der Waals surface area contributed by atoms with Gasteiger partial charge in [0.25, 0.3) is 0 Å². The van der Waals surface area contributed by atoms with E-state index in [0.717, 1.165) is 12.8 Å². The monoisotopic (exact) mass is 199 g/mol. The van der Waals surface area contributed by atoms with Crippen molar-refractivity contribution < 1.29 is 9.90 Å². The van der Waals surface area contributed by atoms with Gasteiger partial charge in [0.15, 0.2) is 0 Å². The zero-order valence-corrected chi connectivity index (χ0v) is 8.36. The second kappa shape index (κ2) is 4.43. The van der Waals surface area contributed by atoms with E-state index in [9.17, 15) is 9.90 Å². The van der Waals surface area contributed by atoms with Crippen LogP contribution < -0.4 is 11.6 Å². The van der Waals surface area contributed by atoms with Crippen molar-refractivity contribution in [1.82, 2.24) is 5.01 Å². The van der Waals surface area contributed by atoms with E-state index in [1.54, 1.807) is 0 Å². The molecule has 1 atom stereocenters. The van der Waals surface area contributed by atoms with E-state index in [1.807, 2.05) is 0 Å². The van der Waals surface area contributed by atoms with Gasteiger partial charge in [-0.1, -0.05) is 0 Å². The van der Waals surface area contributed by atoms with Crippen LogP contribution in [0.2, 0.25) is 0 Å². The molecule has 0 aromatic carbocycles. The SMILES string of the molecule is CC(O)/C(C(N)=O)=C1/CCCCN1N. The van der Waals surface area contributed by atoms with Crippen LogP contribution in [0.5, 0.6) is 0 Å². The van der Waals surface area contributed by atoms with Crippen LogP contribution in [0, 0.1) is 0 Å². The second-order valence-electron chi connectivity index (χ2n) is 3.55. The number of nitrogens with zero attached hydrogens (tertiary/aromatic N) is 1. The van der Waals surface area contributed by atoms with Crippen LogP contribution >= 0.6 is 0 Å². The summed E-state index contributed by atoms with van der Waals surface area (Å²) >= 11 is 0. The highest BCUT2D eigenvalue weighted by molar-refractivity contribution is 5.93. The summed E-state index contributed by atoms with van der Waals surface area (Å²) in [4.78, 5) is 11.1. The van der Waals surface area contributed by atoms with Crippen molar-refractivity contribution in [1.29, 1.82) is 0 Å². The number of rotatable bonds is 2. The van der Waals surface area contributed by atoms with Crippen molar-refractivity contribution in [3.05, 3.63) is 11.3 Å². The van der Waals surface area contributed by atoms with Gasteiger partial charge in [-0.25, -0.2) is 5.84 Å². The van der Waals surface area contributed by atoms with Crippen molar-refractivity contribution in [2.75, 3.05) is 6.54 Å². The predicted molar refractivity (Wildman–Crippen MR) is 52.6 cm³/mol. The number of hydrogen-bond donors (Lipinski definition) is 3. The fourth-order valence-electron chi connectivity index (χ4n) is 1.73. The zero-order chi connectivity index (χ0) is 10.7. The van der Waals surface area contributed by atoms with Crippen LogP contribution in [-0.4, -0.2) is 28.7 Å². The number of piperidine rings is 1. The predicted octanol–water partition coefficient (Wildman–Crippen LogP) is -0.534. The lowest BCUT2D eigenvalue weighted by Gasteiger charge is -2.29. The van der Waals surface area contributed by atoms with Gasteiger partial charge in [-0.3, -0.25) is 4.79 Å². The molecule has 5 nitrogen and oxygen atoms in total. The van der Waals surface area contributed by atoms with Gasteiger partial charge in [-0.05, 0) is 26.2 Å². The van der Waals surface area contributed by atoms with Crippen molar-refractivity contribution in [2.45, 2.75) is 32.3 Å². The van der Waals surface area contributed by atoms with E-state index in [1.165, 1.54) is 11.9 Å². The van der Waals surface area contributed by atoms with E-state index in [2.05, 4.69) is 0 Å². The Bertz CT molecular complexity index is 261. The number of amides is 1. The van der Waals surface area contributed by atoms with Crippen LogP contribution in [0.1, 0.15) is 26.2 Å². The molecule has 5 heteroatoms. The molecule has 0 aromatic rings. The molecular formula is C9H17N3O2. The first kappa shape index (κ1) is 11.0. The third-order valence-corrected chi connectivity index (χ3v) is 2.40. The summed E-state index contributed by atoms with van der Waals surface area (Å²) in [6.07, 6.45) is 1.84. The fraction of sp³-hybridized carbons (Fsp3) is 0.667. The standard InChI is InChI=1S/C9H17N3O2/c1-6(13)8(9(10)14)7-4-2-3-5-12(7)11/h6,13H,2-5,11H2,1H3,(H2,10,14)/b8-7+. The average Bonchev–Trinajstić information content (AvgIpc) is 2.07. The van der Waals surface area contributed by atoms with Crippen molar-refractivity contribution in [3.8, 4) is 0 Å². The highest BCUT2D eigenvalue weighted by atomic mass is 16.3. The van der Waals surface area contributed by atoms with Crippen LogP contribution in [-0.2, 0) is 4.79 Å². The Hall–Kier alpha value is -1.07. The van der Waals surface area contributed by atoms with Crippen molar-refractivity contribution in [3.63, 3.8) is 0 Å². The minimum atomic E-state index is -0.855. The zero-order valence-electron chi connectivity index (χ0n) is 8.36. The van der Waals surface area contributed by atoms with Gasteiger partial charge >= 0.3 is 0 Å². The molecule has 1 aliphatic rings. The molecule has 0 radical (unpaired) electrons. The quantitative estimate of drug-likeness (QED) is 0.411. The first-order valence-electron chi connectivity index (χ1n) is 4.77. The normalized spacial score (nSPS) is 23.2. The molecule has 0 aliphatic carbocycles. The molecule has 1 amide bonds. The molecule has 14 heavy (non-hydrogen) atoms. The summed E-state index contributed by atoms with van der Waals surface area (Å²) < 4.78 is 0. The molecule has 0 aromatic heterocycles. The maximum absolute atomic E-state index is 11.1. The van der Waals surface area contributed by atoms with Crippen LogP contribution in [0.25, 0.3) is 0 Å². The number of aliphatic hydroxyl groups excluding tert-OH is 1. The fourth-order valence-corrected chi connectivity index (χ4v) is 1.73. The number of nitrogens with two attached hydrogens (primary N) is 2. The van der Waals surface area contributed by atoms with Crippen molar-refractivity contribution >= 4 is 5.91 Å². The summed E-state index contributed by atoms with van der Waals surface area (Å²) in [6, 6.07) is 0. The lowest BCUT2D eigenvalue weighted by Crippen LogP contribution is -2.38.